The van der Waals surface area contributed by atoms with Gasteiger partial charge in [-0.1, -0.05) is 35.9 Å². The molecule has 2 aromatic rings. The molecule has 1 N–H and O–H groups in total. The first-order chi connectivity index (χ1) is 11.5. The van der Waals surface area contributed by atoms with E-state index in [1.54, 1.807) is 24.3 Å². The highest BCUT2D eigenvalue weighted by Gasteiger charge is 2.30. The van der Waals surface area contributed by atoms with Gasteiger partial charge in [0.05, 0.1) is 12.5 Å². The van der Waals surface area contributed by atoms with Crippen LogP contribution < -0.4 is 0 Å². The first-order valence-electron chi connectivity index (χ1n) is 7.92. The number of rotatable bonds is 4. The molecule has 0 aromatic heterocycles. The fraction of sp³-hybridized carbons (Fsp3) is 0.263. The van der Waals surface area contributed by atoms with E-state index in [1.165, 1.54) is 0 Å². The van der Waals surface area contributed by atoms with Crippen LogP contribution in [0.15, 0.2) is 48.5 Å². The van der Waals surface area contributed by atoms with E-state index in [-0.39, 0.29) is 18.4 Å². The fourth-order valence-electron chi connectivity index (χ4n) is 3.22. The van der Waals surface area contributed by atoms with Gasteiger partial charge in [-0.2, -0.15) is 0 Å². The van der Waals surface area contributed by atoms with Gasteiger partial charge in [0, 0.05) is 17.1 Å². The summed E-state index contributed by atoms with van der Waals surface area (Å²) in [5.74, 6) is -0.970. The number of carbonyl (C=O) groups is 2. The highest BCUT2D eigenvalue weighted by molar-refractivity contribution is 6.30. The van der Waals surface area contributed by atoms with Crippen molar-refractivity contribution < 1.29 is 14.7 Å². The van der Waals surface area contributed by atoms with Gasteiger partial charge < -0.3 is 10.0 Å². The normalized spacial score (nSPS) is 17.0. The first-order valence-corrected chi connectivity index (χ1v) is 8.29. The Bertz CT molecular complexity index is 775. The lowest BCUT2D eigenvalue weighted by Crippen LogP contribution is -2.30. The Kier molecular flexibility index (Phi) is 4.86. The zero-order valence-electron chi connectivity index (χ0n) is 13.1. The summed E-state index contributed by atoms with van der Waals surface area (Å²) in [5, 5.41) is 9.58. The summed E-state index contributed by atoms with van der Waals surface area (Å²) in [4.78, 5) is 25.6. The summed E-state index contributed by atoms with van der Waals surface area (Å²) in [6.45, 7) is 0.694. The molecule has 1 unspecified atom stereocenters. The van der Waals surface area contributed by atoms with E-state index in [0.29, 0.717) is 22.7 Å². The van der Waals surface area contributed by atoms with Crippen LogP contribution in [-0.4, -0.2) is 28.4 Å². The molecule has 5 heteroatoms. The van der Waals surface area contributed by atoms with E-state index in [2.05, 4.69) is 0 Å². The lowest BCUT2D eigenvalue weighted by Gasteiger charge is -2.25. The molecule has 1 heterocycles. The Morgan fingerprint density at radius 2 is 1.96 bits per heavy atom. The van der Waals surface area contributed by atoms with Crippen molar-refractivity contribution in [2.24, 2.45) is 0 Å². The van der Waals surface area contributed by atoms with Gasteiger partial charge in [-0.15, -0.1) is 0 Å². The Hall–Kier alpha value is -2.33. The van der Waals surface area contributed by atoms with Gasteiger partial charge in [-0.05, 0) is 48.2 Å². The number of carboxylic acids is 1. The molecule has 0 saturated carbocycles. The second-order valence-electron chi connectivity index (χ2n) is 5.98. The zero-order valence-corrected chi connectivity index (χ0v) is 13.9. The number of aliphatic carboxylic acids is 1. The van der Waals surface area contributed by atoms with E-state index in [9.17, 15) is 9.59 Å². The van der Waals surface area contributed by atoms with Crippen LogP contribution in [0.2, 0.25) is 5.02 Å². The second-order valence-corrected chi connectivity index (χ2v) is 6.42. The molecule has 1 aliphatic rings. The molecule has 1 amide bonds. The third-order valence-electron chi connectivity index (χ3n) is 4.28. The molecule has 0 aliphatic carbocycles. The molecular formula is C19H18ClNO3. The van der Waals surface area contributed by atoms with Crippen LogP contribution >= 0.6 is 11.6 Å². The van der Waals surface area contributed by atoms with E-state index >= 15 is 0 Å². The summed E-state index contributed by atoms with van der Waals surface area (Å²) < 4.78 is 0. The number of amides is 1. The minimum Gasteiger partial charge on any atom is -0.481 e. The molecule has 2 aromatic carbocycles. The highest BCUT2D eigenvalue weighted by Crippen LogP contribution is 2.34. The van der Waals surface area contributed by atoms with Crippen molar-refractivity contribution in [3.8, 4) is 0 Å². The minimum absolute atomic E-state index is 0.0133. The molecule has 0 radical (unpaired) electrons. The van der Waals surface area contributed by atoms with Crippen LogP contribution in [0.1, 0.15) is 40.4 Å². The van der Waals surface area contributed by atoms with Crippen LogP contribution in [0, 0.1) is 0 Å². The maximum absolute atomic E-state index is 12.9. The van der Waals surface area contributed by atoms with Gasteiger partial charge in [0.25, 0.3) is 5.91 Å². The van der Waals surface area contributed by atoms with Crippen molar-refractivity contribution in [1.29, 1.82) is 0 Å². The lowest BCUT2D eigenvalue weighted by molar-refractivity contribution is -0.136. The van der Waals surface area contributed by atoms with Gasteiger partial charge in [-0.25, -0.2) is 0 Å². The van der Waals surface area contributed by atoms with E-state index < -0.39 is 5.97 Å². The summed E-state index contributed by atoms with van der Waals surface area (Å²) in [6.07, 6.45) is 1.76. The number of carbonyl (C=O) groups excluding carboxylic acids is 1. The van der Waals surface area contributed by atoms with Crippen LogP contribution in [0.3, 0.4) is 0 Å². The third kappa shape index (κ3) is 3.60. The topological polar surface area (TPSA) is 57.6 Å². The quantitative estimate of drug-likeness (QED) is 0.914. The Labute approximate surface area is 145 Å². The largest absolute Gasteiger partial charge is 0.481 e. The number of benzene rings is 2. The molecule has 1 fully saturated rings. The standard InChI is InChI=1S/C19H18ClNO3/c20-16-7-2-5-14(12-16)17-8-3-9-21(17)19(24)15-6-1-4-13(10-15)11-18(22)23/h1-2,4-7,10,12,17H,3,8-9,11H2,(H,22,23). The maximum atomic E-state index is 12.9. The molecule has 3 rings (SSSR count). The predicted molar refractivity (Wildman–Crippen MR) is 92.2 cm³/mol. The number of hydrogen-bond donors (Lipinski definition) is 1. The lowest BCUT2D eigenvalue weighted by atomic mass is 10.0. The minimum atomic E-state index is -0.905. The fourth-order valence-corrected chi connectivity index (χ4v) is 3.42. The van der Waals surface area contributed by atoms with Gasteiger partial charge >= 0.3 is 5.97 Å². The molecule has 0 bridgehead atoms. The van der Waals surface area contributed by atoms with Crippen LogP contribution in [0.25, 0.3) is 0 Å². The molecule has 1 atom stereocenters. The summed E-state index contributed by atoms with van der Waals surface area (Å²) in [7, 11) is 0. The molecule has 1 aliphatic heterocycles. The number of hydrogen-bond acceptors (Lipinski definition) is 2. The smallest absolute Gasteiger partial charge is 0.307 e. The van der Waals surface area contributed by atoms with Crippen molar-refractivity contribution >= 4 is 23.5 Å². The van der Waals surface area contributed by atoms with E-state index in [1.807, 2.05) is 29.2 Å². The number of carboxylic acid groups (broad SMARTS) is 1. The van der Waals surface area contributed by atoms with Crippen LogP contribution in [0.4, 0.5) is 0 Å². The van der Waals surface area contributed by atoms with Gasteiger partial charge in [0.1, 0.15) is 0 Å². The molecular weight excluding hydrogens is 326 g/mol. The van der Waals surface area contributed by atoms with Crippen molar-refractivity contribution in [3.05, 3.63) is 70.2 Å². The Balaban J connectivity index is 1.85. The summed E-state index contributed by atoms with van der Waals surface area (Å²) in [6, 6.07) is 14.5. The zero-order chi connectivity index (χ0) is 17.1. The van der Waals surface area contributed by atoms with Crippen LogP contribution in [0.5, 0.6) is 0 Å². The summed E-state index contributed by atoms with van der Waals surface area (Å²) >= 11 is 6.08. The van der Waals surface area contributed by atoms with Crippen molar-refractivity contribution in [1.82, 2.24) is 4.90 Å². The molecule has 4 nitrogen and oxygen atoms in total. The maximum Gasteiger partial charge on any atom is 0.307 e. The second kappa shape index (κ2) is 7.05. The first kappa shape index (κ1) is 16.5. The van der Waals surface area contributed by atoms with Crippen LogP contribution in [-0.2, 0) is 11.2 Å². The Morgan fingerprint density at radius 3 is 2.71 bits per heavy atom. The summed E-state index contributed by atoms with van der Waals surface area (Å²) in [5.41, 5.74) is 2.20. The highest BCUT2D eigenvalue weighted by atomic mass is 35.5. The third-order valence-corrected chi connectivity index (χ3v) is 4.51. The average Bonchev–Trinajstić information content (AvgIpc) is 3.03. The molecule has 0 spiro atoms. The molecule has 1 saturated heterocycles. The number of likely N-dealkylation sites (tertiary alicyclic amines) is 1. The van der Waals surface area contributed by atoms with E-state index in [4.69, 9.17) is 16.7 Å². The monoisotopic (exact) mass is 343 g/mol. The molecule has 124 valence electrons. The van der Waals surface area contributed by atoms with Crippen molar-refractivity contribution in [2.45, 2.75) is 25.3 Å². The SMILES string of the molecule is O=C(O)Cc1cccc(C(=O)N2CCCC2c2cccc(Cl)c2)c1. The van der Waals surface area contributed by atoms with Gasteiger partial charge in [-0.3, -0.25) is 9.59 Å². The van der Waals surface area contributed by atoms with Crippen molar-refractivity contribution in [2.75, 3.05) is 6.54 Å². The average molecular weight is 344 g/mol. The molecule has 24 heavy (non-hydrogen) atoms. The van der Waals surface area contributed by atoms with Gasteiger partial charge in [0.15, 0.2) is 0 Å². The number of nitrogens with zero attached hydrogens (tertiary/aromatic N) is 1. The predicted octanol–water partition coefficient (Wildman–Crippen LogP) is 3.94. The van der Waals surface area contributed by atoms with E-state index in [0.717, 1.165) is 18.4 Å². The van der Waals surface area contributed by atoms with Gasteiger partial charge in [0.2, 0.25) is 0 Å². The number of halogens is 1. The van der Waals surface area contributed by atoms with Crippen molar-refractivity contribution in [3.63, 3.8) is 0 Å². The Morgan fingerprint density at radius 1 is 1.17 bits per heavy atom.